The second-order valence-corrected chi connectivity index (χ2v) is 6.13. The van der Waals surface area contributed by atoms with Crippen molar-refractivity contribution < 1.29 is 4.39 Å². The molecule has 2 unspecified atom stereocenters. The van der Waals surface area contributed by atoms with E-state index < -0.39 is 0 Å². The molecule has 0 aliphatic carbocycles. The van der Waals surface area contributed by atoms with Gasteiger partial charge in [-0.15, -0.1) is 11.3 Å². The van der Waals surface area contributed by atoms with E-state index in [1.165, 1.54) is 23.3 Å². The molecule has 1 nitrogen and oxygen atoms in total. The third kappa shape index (κ3) is 4.15. The maximum atomic E-state index is 13.1. The van der Waals surface area contributed by atoms with Gasteiger partial charge in [0.25, 0.3) is 0 Å². The fraction of sp³-hybridized carbons (Fsp3) is 0.412. The van der Waals surface area contributed by atoms with Crippen LogP contribution in [-0.2, 0) is 0 Å². The second kappa shape index (κ2) is 7.55. The molecule has 1 N–H and O–H groups in total. The van der Waals surface area contributed by atoms with Gasteiger partial charge in [0.2, 0.25) is 0 Å². The van der Waals surface area contributed by atoms with Crippen LogP contribution in [0.1, 0.15) is 55.6 Å². The van der Waals surface area contributed by atoms with Gasteiger partial charge in [0.1, 0.15) is 5.82 Å². The number of thiophene rings is 1. The monoisotopic (exact) mass is 291 g/mol. The van der Waals surface area contributed by atoms with E-state index in [9.17, 15) is 4.39 Å². The summed E-state index contributed by atoms with van der Waals surface area (Å²) in [5.74, 6) is -0.172. The van der Waals surface area contributed by atoms with Crippen LogP contribution in [0.25, 0.3) is 0 Å². The number of nitrogens with one attached hydrogen (secondary N) is 1. The molecule has 1 heterocycles. The summed E-state index contributed by atoms with van der Waals surface area (Å²) in [6.45, 7) is 4.39. The van der Waals surface area contributed by atoms with Crippen molar-refractivity contribution in [2.75, 3.05) is 0 Å². The predicted octanol–water partition coefficient (Wildman–Crippen LogP) is 5.47. The first-order valence-electron chi connectivity index (χ1n) is 7.25. The van der Waals surface area contributed by atoms with Gasteiger partial charge < -0.3 is 5.32 Å². The first-order chi connectivity index (χ1) is 9.70. The average Bonchev–Trinajstić information content (AvgIpc) is 2.98. The Morgan fingerprint density at radius 1 is 1.20 bits per heavy atom. The molecule has 0 radical (unpaired) electrons. The summed E-state index contributed by atoms with van der Waals surface area (Å²) in [6, 6.07) is 11.7. The smallest absolute Gasteiger partial charge is 0.123 e. The second-order valence-electron chi connectivity index (χ2n) is 5.15. The molecule has 2 rings (SSSR count). The van der Waals surface area contributed by atoms with Crippen LogP contribution in [0, 0.1) is 5.82 Å². The Hall–Kier alpha value is -1.19. The van der Waals surface area contributed by atoms with Crippen LogP contribution in [0.2, 0.25) is 0 Å². The summed E-state index contributed by atoms with van der Waals surface area (Å²) in [7, 11) is 0. The third-order valence-corrected chi connectivity index (χ3v) is 4.59. The minimum absolute atomic E-state index is 0.172. The molecule has 1 aromatic carbocycles. The Kier molecular flexibility index (Phi) is 5.74. The van der Waals surface area contributed by atoms with Crippen molar-refractivity contribution in [1.82, 2.24) is 5.32 Å². The zero-order chi connectivity index (χ0) is 14.4. The SMILES string of the molecule is CCCCC(NC(C)c1cccs1)c1ccc(F)cc1. The Balaban J connectivity index is 2.08. The normalized spacial score (nSPS) is 14.2. The summed E-state index contributed by atoms with van der Waals surface area (Å²) in [6.07, 6.45) is 3.43. The molecule has 0 amide bonds. The predicted molar refractivity (Wildman–Crippen MR) is 84.5 cm³/mol. The van der Waals surface area contributed by atoms with E-state index in [1.807, 2.05) is 12.1 Å². The largest absolute Gasteiger partial charge is 0.303 e. The lowest BCUT2D eigenvalue weighted by Crippen LogP contribution is -2.24. The minimum Gasteiger partial charge on any atom is -0.303 e. The molecular weight excluding hydrogens is 269 g/mol. The maximum Gasteiger partial charge on any atom is 0.123 e. The van der Waals surface area contributed by atoms with Crippen LogP contribution in [0.3, 0.4) is 0 Å². The summed E-state index contributed by atoms with van der Waals surface area (Å²) in [4.78, 5) is 1.34. The van der Waals surface area contributed by atoms with Crippen LogP contribution in [0.4, 0.5) is 4.39 Å². The number of halogens is 1. The Bertz CT molecular complexity index is 492. The molecule has 108 valence electrons. The molecule has 2 atom stereocenters. The number of hydrogen-bond donors (Lipinski definition) is 1. The van der Waals surface area contributed by atoms with Crippen molar-refractivity contribution in [3.8, 4) is 0 Å². The van der Waals surface area contributed by atoms with Crippen LogP contribution < -0.4 is 5.32 Å². The average molecular weight is 291 g/mol. The molecule has 0 spiro atoms. The highest BCUT2D eigenvalue weighted by Gasteiger charge is 2.15. The van der Waals surface area contributed by atoms with Gasteiger partial charge in [0.05, 0.1) is 0 Å². The summed E-state index contributed by atoms with van der Waals surface area (Å²) in [5.41, 5.74) is 1.17. The van der Waals surface area contributed by atoms with Gasteiger partial charge in [0, 0.05) is 17.0 Å². The van der Waals surface area contributed by atoms with Crippen LogP contribution in [0.15, 0.2) is 41.8 Å². The summed E-state index contributed by atoms with van der Waals surface area (Å²) in [5, 5.41) is 5.78. The fourth-order valence-corrected chi connectivity index (χ4v) is 3.11. The summed E-state index contributed by atoms with van der Waals surface area (Å²) < 4.78 is 13.1. The van der Waals surface area contributed by atoms with Gasteiger partial charge in [-0.05, 0) is 42.5 Å². The van der Waals surface area contributed by atoms with Gasteiger partial charge in [0.15, 0.2) is 0 Å². The molecule has 2 aromatic rings. The van der Waals surface area contributed by atoms with Crippen molar-refractivity contribution in [2.24, 2.45) is 0 Å². The molecule has 20 heavy (non-hydrogen) atoms. The van der Waals surface area contributed by atoms with E-state index in [0.29, 0.717) is 6.04 Å². The Morgan fingerprint density at radius 3 is 2.55 bits per heavy atom. The van der Waals surface area contributed by atoms with Gasteiger partial charge in [-0.3, -0.25) is 0 Å². The number of rotatable bonds is 7. The van der Waals surface area contributed by atoms with Crippen molar-refractivity contribution in [2.45, 2.75) is 45.2 Å². The number of unbranched alkanes of at least 4 members (excludes halogenated alkanes) is 1. The molecule has 0 fully saturated rings. The van der Waals surface area contributed by atoms with E-state index in [-0.39, 0.29) is 11.9 Å². The molecular formula is C17H22FNS. The molecule has 0 aliphatic heterocycles. The molecule has 0 saturated carbocycles. The lowest BCUT2D eigenvalue weighted by Gasteiger charge is -2.23. The highest BCUT2D eigenvalue weighted by Crippen LogP contribution is 2.26. The van der Waals surface area contributed by atoms with Gasteiger partial charge >= 0.3 is 0 Å². The zero-order valence-corrected chi connectivity index (χ0v) is 12.9. The lowest BCUT2D eigenvalue weighted by atomic mass is 10.00. The van der Waals surface area contributed by atoms with Crippen LogP contribution >= 0.6 is 11.3 Å². The zero-order valence-electron chi connectivity index (χ0n) is 12.1. The van der Waals surface area contributed by atoms with E-state index in [2.05, 4.69) is 36.7 Å². The van der Waals surface area contributed by atoms with Crippen molar-refractivity contribution in [1.29, 1.82) is 0 Å². The third-order valence-electron chi connectivity index (χ3n) is 3.54. The maximum absolute atomic E-state index is 13.1. The van der Waals surface area contributed by atoms with Gasteiger partial charge in [-0.2, -0.15) is 0 Å². The van der Waals surface area contributed by atoms with E-state index in [4.69, 9.17) is 0 Å². The highest BCUT2D eigenvalue weighted by atomic mass is 32.1. The molecule has 1 aromatic heterocycles. The lowest BCUT2D eigenvalue weighted by molar-refractivity contribution is 0.434. The topological polar surface area (TPSA) is 12.0 Å². The Labute approximate surface area is 124 Å². The molecule has 0 aliphatic rings. The van der Waals surface area contributed by atoms with E-state index in [1.54, 1.807) is 23.5 Å². The van der Waals surface area contributed by atoms with Crippen molar-refractivity contribution in [3.05, 3.63) is 58.0 Å². The quantitative estimate of drug-likeness (QED) is 0.713. The first-order valence-corrected chi connectivity index (χ1v) is 8.13. The minimum atomic E-state index is -0.172. The van der Waals surface area contributed by atoms with E-state index >= 15 is 0 Å². The van der Waals surface area contributed by atoms with Crippen LogP contribution in [-0.4, -0.2) is 0 Å². The highest BCUT2D eigenvalue weighted by molar-refractivity contribution is 7.10. The Morgan fingerprint density at radius 2 is 1.95 bits per heavy atom. The number of benzene rings is 1. The van der Waals surface area contributed by atoms with E-state index in [0.717, 1.165) is 6.42 Å². The van der Waals surface area contributed by atoms with Gasteiger partial charge in [-0.1, -0.05) is 38.0 Å². The number of hydrogen-bond acceptors (Lipinski definition) is 2. The van der Waals surface area contributed by atoms with Crippen molar-refractivity contribution >= 4 is 11.3 Å². The first kappa shape index (κ1) is 15.2. The van der Waals surface area contributed by atoms with Crippen molar-refractivity contribution in [3.63, 3.8) is 0 Å². The molecule has 3 heteroatoms. The van der Waals surface area contributed by atoms with Gasteiger partial charge in [-0.25, -0.2) is 4.39 Å². The van der Waals surface area contributed by atoms with Crippen LogP contribution in [0.5, 0.6) is 0 Å². The summed E-state index contributed by atoms with van der Waals surface area (Å²) >= 11 is 1.77. The standard InChI is InChI=1S/C17H22FNS/c1-3-4-6-16(14-8-10-15(18)11-9-14)19-13(2)17-7-5-12-20-17/h5,7-13,16,19H,3-4,6H2,1-2H3. The molecule has 0 bridgehead atoms. The fourth-order valence-electron chi connectivity index (χ4n) is 2.37. The molecule has 0 saturated heterocycles.